The molecule has 1 aromatic carbocycles. The average Bonchev–Trinajstić information content (AvgIpc) is 3.29. The van der Waals surface area contributed by atoms with Crippen LogP contribution < -0.4 is 10.5 Å². The number of nitrogens with zero attached hydrogens (tertiary/aromatic N) is 3. The topological polar surface area (TPSA) is 82.5 Å². The number of carbonyl (C=O) groups is 1. The zero-order valence-corrected chi connectivity index (χ0v) is 16.2. The summed E-state index contributed by atoms with van der Waals surface area (Å²) in [6.45, 7) is -0.349. The number of nitrogens with two attached hydrogens (primary N) is 1. The van der Waals surface area contributed by atoms with E-state index in [0.29, 0.717) is 21.2 Å². The van der Waals surface area contributed by atoms with Crippen LogP contribution in [0.4, 0.5) is 13.2 Å². The van der Waals surface area contributed by atoms with Crippen molar-refractivity contribution < 1.29 is 22.7 Å². The number of alkyl halides is 3. The van der Waals surface area contributed by atoms with Crippen LogP contribution in [-0.2, 0) is 24.0 Å². The van der Waals surface area contributed by atoms with Gasteiger partial charge in [0.25, 0.3) is 0 Å². The molecule has 0 spiro atoms. The van der Waals surface area contributed by atoms with Gasteiger partial charge in [-0.15, -0.1) is 11.3 Å². The summed E-state index contributed by atoms with van der Waals surface area (Å²) in [6, 6.07) is 10.7. The fourth-order valence-electron chi connectivity index (χ4n) is 2.99. The summed E-state index contributed by atoms with van der Waals surface area (Å²) in [7, 11) is 0. The molecular weight excluding hydrogens is 417 g/mol. The molecule has 0 atom stereocenters. The van der Waals surface area contributed by atoms with Gasteiger partial charge in [0.05, 0.1) is 23.1 Å². The van der Waals surface area contributed by atoms with E-state index in [2.05, 4.69) is 9.97 Å². The van der Waals surface area contributed by atoms with Crippen molar-refractivity contribution in [3.8, 4) is 16.6 Å². The van der Waals surface area contributed by atoms with Gasteiger partial charge in [0.1, 0.15) is 23.0 Å². The smallest absolute Gasteiger partial charge is 0.416 e. The minimum atomic E-state index is -4.50. The molecule has 0 aliphatic heterocycles. The molecule has 3 heterocycles. The van der Waals surface area contributed by atoms with Crippen molar-refractivity contribution in [2.24, 2.45) is 5.73 Å². The summed E-state index contributed by atoms with van der Waals surface area (Å²) in [6.07, 6.45) is -1.19. The normalized spacial score (nSPS) is 11.7. The molecule has 154 valence electrons. The molecule has 1 amide bonds. The molecular formula is C20H15F3N4O2S. The number of thiazole rings is 1. The van der Waals surface area contributed by atoms with E-state index in [-0.39, 0.29) is 24.5 Å². The number of imidazole rings is 1. The van der Waals surface area contributed by atoms with E-state index in [1.807, 2.05) is 28.8 Å². The molecule has 0 saturated heterocycles. The van der Waals surface area contributed by atoms with Crippen LogP contribution in [0.3, 0.4) is 0 Å². The van der Waals surface area contributed by atoms with Crippen LogP contribution in [0, 0.1) is 0 Å². The molecule has 0 radical (unpaired) electrons. The predicted molar refractivity (Wildman–Crippen MR) is 105 cm³/mol. The van der Waals surface area contributed by atoms with E-state index in [1.54, 1.807) is 6.20 Å². The number of carbonyl (C=O) groups excluding carboxylic acids is 1. The van der Waals surface area contributed by atoms with Gasteiger partial charge >= 0.3 is 6.18 Å². The minimum Gasteiger partial charge on any atom is -0.472 e. The van der Waals surface area contributed by atoms with Crippen LogP contribution in [0.5, 0.6) is 5.88 Å². The SMILES string of the molecule is NC(=O)Cc1sc(-c2cnc3ccccn23)nc1OCc1ccccc1C(F)(F)F. The first kappa shape index (κ1) is 19.9. The largest absolute Gasteiger partial charge is 0.472 e. The lowest BCUT2D eigenvalue weighted by molar-refractivity contribution is -0.138. The van der Waals surface area contributed by atoms with Crippen LogP contribution in [0.15, 0.2) is 54.9 Å². The Hall–Kier alpha value is -3.40. The highest BCUT2D eigenvalue weighted by atomic mass is 32.1. The van der Waals surface area contributed by atoms with Gasteiger partial charge in [-0.1, -0.05) is 24.3 Å². The Morgan fingerprint density at radius 1 is 1.17 bits per heavy atom. The summed E-state index contributed by atoms with van der Waals surface area (Å²) in [4.78, 5) is 20.6. The first-order valence-corrected chi connectivity index (χ1v) is 9.63. The number of aromatic nitrogens is 3. The number of halogens is 3. The van der Waals surface area contributed by atoms with E-state index >= 15 is 0 Å². The molecule has 4 rings (SSSR count). The van der Waals surface area contributed by atoms with E-state index < -0.39 is 17.6 Å². The maximum atomic E-state index is 13.2. The monoisotopic (exact) mass is 432 g/mol. The Bertz CT molecular complexity index is 1220. The summed E-state index contributed by atoms with van der Waals surface area (Å²) in [5.74, 6) is -0.513. The Morgan fingerprint density at radius 3 is 2.70 bits per heavy atom. The van der Waals surface area contributed by atoms with E-state index in [1.165, 1.54) is 29.5 Å². The van der Waals surface area contributed by atoms with Crippen LogP contribution in [0.1, 0.15) is 16.0 Å². The highest BCUT2D eigenvalue weighted by molar-refractivity contribution is 7.15. The van der Waals surface area contributed by atoms with Gasteiger partial charge in [0.15, 0.2) is 0 Å². The van der Waals surface area contributed by atoms with Gasteiger partial charge in [0.2, 0.25) is 11.8 Å². The Morgan fingerprint density at radius 2 is 1.93 bits per heavy atom. The molecule has 0 aliphatic carbocycles. The minimum absolute atomic E-state index is 0.0284. The predicted octanol–water partition coefficient (Wildman–Crippen LogP) is 4.08. The lowest BCUT2D eigenvalue weighted by Gasteiger charge is -2.13. The Balaban J connectivity index is 1.67. The molecule has 0 aliphatic rings. The standard InChI is InChI=1S/C20H15F3N4O2S/c21-20(22,23)13-6-2-1-5-12(13)11-29-18-15(9-16(24)28)30-19(26-18)14-10-25-17-7-3-4-8-27(14)17/h1-8,10H,9,11H2,(H2,24,28). The fraction of sp³-hybridized carbons (Fsp3) is 0.150. The Kier molecular flexibility index (Phi) is 5.17. The van der Waals surface area contributed by atoms with Gasteiger partial charge in [-0.2, -0.15) is 18.2 Å². The van der Waals surface area contributed by atoms with E-state index in [9.17, 15) is 18.0 Å². The maximum Gasteiger partial charge on any atom is 0.416 e. The second-order valence-electron chi connectivity index (χ2n) is 6.41. The molecule has 0 saturated carbocycles. The van der Waals surface area contributed by atoms with Gasteiger partial charge in [0, 0.05) is 11.8 Å². The van der Waals surface area contributed by atoms with Crippen LogP contribution in [0.2, 0.25) is 0 Å². The molecule has 6 nitrogen and oxygen atoms in total. The number of hydrogen-bond acceptors (Lipinski definition) is 5. The first-order valence-electron chi connectivity index (χ1n) is 8.81. The molecule has 0 fully saturated rings. The first-order chi connectivity index (χ1) is 14.3. The Labute approximate surface area is 172 Å². The second-order valence-corrected chi connectivity index (χ2v) is 7.49. The van der Waals surface area contributed by atoms with E-state index in [4.69, 9.17) is 10.5 Å². The molecule has 10 heteroatoms. The van der Waals surface area contributed by atoms with Gasteiger partial charge in [-0.25, -0.2) is 4.98 Å². The van der Waals surface area contributed by atoms with Gasteiger partial charge in [-0.05, 0) is 18.2 Å². The summed E-state index contributed by atoms with van der Waals surface area (Å²) >= 11 is 1.19. The van der Waals surface area contributed by atoms with E-state index in [0.717, 1.165) is 6.07 Å². The van der Waals surface area contributed by atoms with Crippen LogP contribution in [-0.4, -0.2) is 20.3 Å². The number of rotatable bonds is 6. The zero-order chi connectivity index (χ0) is 21.3. The highest BCUT2D eigenvalue weighted by Gasteiger charge is 2.33. The lowest BCUT2D eigenvalue weighted by atomic mass is 10.1. The third-order valence-corrected chi connectivity index (χ3v) is 5.38. The maximum absolute atomic E-state index is 13.2. The van der Waals surface area contributed by atoms with Gasteiger partial charge < -0.3 is 10.5 Å². The van der Waals surface area contributed by atoms with Crippen molar-refractivity contribution in [2.45, 2.75) is 19.2 Å². The number of ether oxygens (including phenoxy) is 1. The second kappa shape index (κ2) is 7.79. The van der Waals surface area contributed by atoms with Crippen LogP contribution in [0.25, 0.3) is 16.3 Å². The third-order valence-electron chi connectivity index (χ3n) is 4.32. The van der Waals surface area contributed by atoms with Crippen molar-refractivity contribution in [1.29, 1.82) is 0 Å². The average molecular weight is 432 g/mol. The third kappa shape index (κ3) is 3.99. The molecule has 30 heavy (non-hydrogen) atoms. The fourth-order valence-corrected chi connectivity index (χ4v) is 4.01. The summed E-state index contributed by atoms with van der Waals surface area (Å²) < 4.78 is 47.1. The molecule has 4 aromatic rings. The van der Waals surface area contributed by atoms with Crippen LogP contribution >= 0.6 is 11.3 Å². The number of hydrogen-bond donors (Lipinski definition) is 1. The summed E-state index contributed by atoms with van der Waals surface area (Å²) in [5.41, 5.74) is 5.89. The van der Waals surface area contributed by atoms with Gasteiger partial charge in [-0.3, -0.25) is 9.20 Å². The summed E-state index contributed by atoms with van der Waals surface area (Å²) in [5, 5.41) is 0.518. The molecule has 0 unspecified atom stereocenters. The number of fused-ring (bicyclic) bond motifs is 1. The zero-order valence-electron chi connectivity index (χ0n) is 15.4. The number of pyridine rings is 1. The molecule has 3 aromatic heterocycles. The number of primary amides is 1. The number of benzene rings is 1. The molecule has 2 N–H and O–H groups in total. The quantitative estimate of drug-likeness (QED) is 0.498. The van der Waals surface area contributed by atoms with Crippen molar-refractivity contribution >= 4 is 22.9 Å². The highest BCUT2D eigenvalue weighted by Crippen LogP contribution is 2.35. The van der Waals surface area contributed by atoms with Crippen molar-refractivity contribution in [2.75, 3.05) is 0 Å². The van der Waals surface area contributed by atoms with Crippen molar-refractivity contribution in [1.82, 2.24) is 14.4 Å². The number of amides is 1. The van der Waals surface area contributed by atoms with Crippen molar-refractivity contribution in [3.05, 3.63) is 70.9 Å². The molecule has 0 bridgehead atoms. The van der Waals surface area contributed by atoms with Crippen molar-refractivity contribution in [3.63, 3.8) is 0 Å². The lowest BCUT2D eigenvalue weighted by Crippen LogP contribution is -2.14.